The second-order valence-electron chi connectivity index (χ2n) is 9.12. The SMILES string of the molecule is c1ccc(C2(CCNCc3cnc4ccccc4c3)CCOC3(CCCC3)C2)nc1. The highest BCUT2D eigenvalue weighted by Gasteiger charge is 2.48. The van der Waals surface area contributed by atoms with E-state index in [1.165, 1.54) is 42.3 Å². The largest absolute Gasteiger partial charge is 0.375 e. The first kappa shape index (κ1) is 19.7. The molecule has 1 aliphatic heterocycles. The maximum atomic E-state index is 6.36. The summed E-state index contributed by atoms with van der Waals surface area (Å²) in [5, 5.41) is 4.88. The molecular weight excluding hydrogens is 370 g/mol. The number of nitrogens with zero attached hydrogens (tertiary/aromatic N) is 2. The van der Waals surface area contributed by atoms with Crippen molar-refractivity contribution in [2.45, 2.75) is 62.5 Å². The van der Waals surface area contributed by atoms with Gasteiger partial charge in [-0.15, -0.1) is 0 Å². The van der Waals surface area contributed by atoms with E-state index in [-0.39, 0.29) is 11.0 Å². The Morgan fingerprint density at radius 1 is 0.967 bits per heavy atom. The van der Waals surface area contributed by atoms with Crippen LogP contribution in [0.15, 0.2) is 60.9 Å². The topological polar surface area (TPSA) is 47.0 Å². The lowest BCUT2D eigenvalue weighted by Crippen LogP contribution is -2.47. The number of pyridine rings is 2. The van der Waals surface area contributed by atoms with Crippen LogP contribution in [0.2, 0.25) is 0 Å². The fraction of sp³-hybridized carbons (Fsp3) is 0.462. The van der Waals surface area contributed by atoms with Crippen LogP contribution < -0.4 is 5.32 Å². The van der Waals surface area contributed by atoms with Crippen LogP contribution in [0.25, 0.3) is 10.9 Å². The zero-order chi connectivity index (χ0) is 20.3. The average molecular weight is 402 g/mol. The summed E-state index contributed by atoms with van der Waals surface area (Å²) in [6.45, 7) is 2.67. The zero-order valence-corrected chi connectivity index (χ0v) is 17.6. The summed E-state index contributed by atoms with van der Waals surface area (Å²) in [6, 6.07) is 16.9. The molecule has 2 fully saturated rings. The molecule has 1 unspecified atom stereocenters. The predicted octanol–water partition coefficient (Wildman–Crippen LogP) is 5.17. The number of aromatic nitrogens is 2. The Balaban J connectivity index is 1.28. The number of hydrogen-bond donors (Lipinski definition) is 1. The number of hydrogen-bond acceptors (Lipinski definition) is 4. The van der Waals surface area contributed by atoms with E-state index in [1.54, 1.807) is 0 Å². The third-order valence-electron chi connectivity index (χ3n) is 7.13. The molecule has 0 radical (unpaired) electrons. The molecule has 30 heavy (non-hydrogen) atoms. The summed E-state index contributed by atoms with van der Waals surface area (Å²) < 4.78 is 6.36. The summed E-state index contributed by atoms with van der Waals surface area (Å²) in [5.74, 6) is 0. The molecule has 2 aliphatic rings. The third kappa shape index (κ3) is 3.99. The smallest absolute Gasteiger partial charge is 0.0702 e. The van der Waals surface area contributed by atoms with Gasteiger partial charge < -0.3 is 10.1 Å². The summed E-state index contributed by atoms with van der Waals surface area (Å²) in [4.78, 5) is 9.40. The summed E-state index contributed by atoms with van der Waals surface area (Å²) in [6.07, 6.45) is 12.2. The van der Waals surface area contributed by atoms with Gasteiger partial charge in [-0.2, -0.15) is 0 Å². The van der Waals surface area contributed by atoms with E-state index >= 15 is 0 Å². The van der Waals surface area contributed by atoms with Gasteiger partial charge in [0, 0.05) is 42.0 Å². The number of benzene rings is 1. The van der Waals surface area contributed by atoms with Gasteiger partial charge in [0.1, 0.15) is 0 Å². The van der Waals surface area contributed by atoms with E-state index in [9.17, 15) is 0 Å². The van der Waals surface area contributed by atoms with E-state index in [0.717, 1.165) is 44.5 Å². The molecule has 2 aromatic heterocycles. The van der Waals surface area contributed by atoms with Crippen LogP contribution in [0.5, 0.6) is 0 Å². The van der Waals surface area contributed by atoms with Gasteiger partial charge in [0.15, 0.2) is 0 Å². The van der Waals surface area contributed by atoms with Gasteiger partial charge in [-0.3, -0.25) is 9.97 Å². The lowest BCUT2D eigenvalue weighted by atomic mass is 9.68. The van der Waals surface area contributed by atoms with Crippen molar-refractivity contribution in [1.82, 2.24) is 15.3 Å². The van der Waals surface area contributed by atoms with Crippen LogP contribution in [0, 0.1) is 0 Å². The molecule has 1 saturated heterocycles. The van der Waals surface area contributed by atoms with Gasteiger partial charge in [-0.1, -0.05) is 37.1 Å². The second kappa shape index (κ2) is 8.44. The van der Waals surface area contributed by atoms with Crippen molar-refractivity contribution in [2.24, 2.45) is 0 Å². The minimum absolute atomic E-state index is 0.0814. The molecule has 1 N–H and O–H groups in total. The van der Waals surface area contributed by atoms with Gasteiger partial charge in [0.05, 0.1) is 11.1 Å². The molecule has 1 atom stereocenters. The Labute approximate surface area is 179 Å². The molecule has 0 bridgehead atoms. The van der Waals surface area contributed by atoms with Crippen molar-refractivity contribution >= 4 is 10.9 Å². The summed E-state index contributed by atoms with van der Waals surface area (Å²) in [5.41, 5.74) is 3.73. The quantitative estimate of drug-likeness (QED) is 0.579. The number of fused-ring (bicyclic) bond motifs is 1. The standard InChI is InChI=1S/C26H31N3O/c1-2-8-23-22(7-1)17-21(19-29-23)18-27-15-12-25(24-9-3-6-14-28-24)13-16-30-26(20-25)10-4-5-11-26/h1-3,6-9,14,17,19,27H,4-5,10-13,15-16,18,20H2. The molecule has 0 amide bonds. The predicted molar refractivity (Wildman–Crippen MR) is 120 cm³/mol. The van der Waals surface area contributed by atoms with Crippen LogP contribution in [0.1, 0.15) is 56.2 Å². The Kier molecular flexibility index (Phi) is 5.53. The Morgan fingerprint density at radius 2 is 1.83 bits per heavy atom. The third-order valence-corrected chi connectivity index (χ3v) is 7.13. The van der Waals surface area contributed by atoms with Crippen LogP contribution in [-0.4, -0.2) is 28.7 Å². The molecule has 156 valence electrons. The van der Waals surface area contributed by atoms with E-state index in [1.807, 2.05) is 24.5 Å². The molecule has 1 aliphatic carbocycles. The number of para-hydroxylation sites is 1. The molecule has 4 nitrogen and oxygen atoms in total. The summed E-state index contributed by atoms with van der Waals surface area (Å²) >= 11 is 0. The fourth-order valence-electron chi connectivity index (χ4n) is 5.57. The maximum absolute atomic E-state index is 6.36. The Hall–Kier alpha value is -2.30. The highest BCUT2D eigenvalue weighted by atomic mass is 16.5. The van der Waals surface area contributed by atoms with Gasteiger partial charge in [0.25, 0.3) is 0 Å². The molecule has 1 spiro atoms. The van der Waals surface area contributed by atoms with Gasteiger partial charge in [-0.05, 0) is 68.5 Å². The molecule has 3 heterocycles. The van der Waals surface area contributed by atoms with Crippen LogP contribution in [0.4, 0.5) is 0 Å². The van der Waals surface area contributed by atoms with Gasteiger partial charge >= 0.3 is 0 Å². The van der Waals surface area contributed by atoms with Crippen molar-refractivity contribution < 1.29 is 4.74 Å². The Bertz CT molecular complexity index is 984. The number of rotatable bonds is 6. The molecule has 5 rings (SSSR count). The minimum Gasteiger partial charge on any atom is -0.375 e. The van der Waals surface area contributed by atoms with Crippen molar-refractivity contribution in [3.63, 3.8) is 0 Å². The highest BCUT2D eigenvalue weighted by molar-refractivity contribution is 5.78. The lowest BCUT2D eigenvalue weighted by molar-refractivity contribution is -0.104. The zero-order valence-electron chi connectivity index (χ0n) is 17.6. The number of nitrogens with one attached hydrogen (secondary N) is 1. The second-order valence-corrected chi connectivity index (χ2v) is 9.12. The molecule has 4 heteroatoms. The molecule has 3 aromatic rings. The van der Waals surface area contributed by atoms with Crippen molar-refractivity contribution in [3.05, 3.63) is 72.2 Å². The van der Waals surface area contributed by atoms with E-state index in [4.69, 9.17) is 9.72 Å². The first-order valence-electron chi connectivity index (χ1n) is 11.4. The van der Waals surface area contributed by atoms with Gasteiger partial charge in [0.2, 0.25) is 0 Å². The monoisotopic (exact) mass is 401 g/mol. The van der Waals surface area contributed by atoms with Crippen LogP contribution in [0.3, 0.4) is 0 Å². The van der Waals surface area contributed by atoms with Gasteiger partial charge in [-0.25, -0.2) is 0 Å². The van der Waals surface area contributed by atoms with Crippen LogP contribution in [-0.2, 0) is 16.7 Å². The van der Waals surface area contributed by atoms with E-state index in [0.29, 0.717) is 0 Å². The maximum Gasteiger partial charge on any atom is 0.0702 e. The first-order valence-corrected chi connectivity index (χ1v) is 11.4. The highest BCUT2D eigenvalue weighted by Crippen LogP contribution is 2.49. The fourth-order valence-corrected chi connectivity index (χ4v) is 5.57. The summed E-state index contributed by atoms with van der Waals surface area (Å²) in [7, 11) is 0. The van der Waals surface area contributed by atoms with E-state index < -0.39 is 0 Å². The lowest BCUT2D eigenvalue weighted by Gasteiger charge is -2.46. The Morgan fingerprint density at radius 3 is 2.70 bits per heavy atom. The first-order chi connectivity index (χ1) is 14.8. The van der Waals surface area contributed by atoms with E-state index in [2.05, 4.69) is 46.7 Å². The van der Waals surface area contributed by atoms with Crippen molar-refractivity contribution in [2.75, 3.05) is 13.2 Å². The molecular formula is C26H31N3O. The molecule has 1 aromatic carbocycles. The minimum atomic E-state index is 0.0814. The van der Waals surface area contributed by atoms with Crippen LogP contribution >= 0.6 is 0 Å². The normalized spacial score (nSPS) is 23.2. The molecule has 1 saturated carbocycles. The number of ether oxygens (including phenoxy) is 1. The van der Waals surface area contributed by atoms with Crippen molar-refractivity contribution in [3.8, 4) is 0 Å². The average Bonchev–Trinajstić information content (AvgIpc) is 3.24. The van der Waals surface area contributed by atoms with Crippen molar-refractivity contribution in [1.29, 1.82) is 0 Å².